The number of carbonyl (C=O) groups excluding carboxylic acids is 1. The maximum Gasteiger partial charge on any atom is 0.224 e. The number of nitrogens with one attached hydrogen (secondary N) is 1. The van der Waals surface area contributed by atoms with Crippen molar-refractivity contribution in [3.8, 4) is 0 Å². The highest BCUT2D eigenvalue weighted by Gasteiger charge is 2.12. The largest absolute Gasteiger partial charge is 0.356 e. The highest BCUT2D eigenvalue weighted by atomic mass is 35.5. The molecule has 0 atom stereocenters. The number of carbonyl (C=O) groups is 1. The minimum atomic E-state index is 0.0139. The van der Waals surface area contributed by atoms with Crippen LogP contribution in [0, 0.1) is 0 Å². The molecule has 5 heteroatoms. The number of rotatable bonds is 10. The van der Waals surface area contributed by atoms with Gasteiger partial charge in [-0.05, 0) is 52.9 Å². The van der Waals surface area contributed by atoms with E-state index in [1.165, 1.54) is 21.9 Å². The summed E-state index contributed by atoms with van der Waals surface area (Å²) in [5.41, 5.74) is 4.38. The van der Waals surface area contributed by atoms with Crippen LogP contribution in [0.2, 0.25) is 5.02 Å². The summed E-state index contributed by atoms with van der Waals surface area (Å²) in [7, 11) is 0. The van der Waals surface area contributed by atoms with Gasteiger partial charge >= 0.3 is 0 Å². The third-order valence-electron chi connectivity index (χ3n) is 6.65. The average Bonchev–Trinajstić information content (AvgIpc) is 3.25. The number of para-hydroxylation sites is 2. The van der Waals surface area contributed by atoms with Gasteiger partial charge in [-0.15, -0.1) is 0 Å². The van der Waals surface area contributed by atoms with Crippen LogP contribution in [0.15, 0.2) is 91.0 Å². The van der Waals surface area contributed by atoms with E-state index in [9.17, 15) is 4.79 Å². The third-order valence-corrected chi connectivity index (χ3v) is 7.02. The van der Waals surface area contributed by atoms with Crippen molar-refractivity contribution in [2.24, 2.45) is 0 Å². The highest BCUT2D eigenvalue weighted by Crippen LogP contribution is 2.24. The topological polar surface area (TPSA) is 46.9 Å². The zero-order chi connectivity index (χ0) is 24.7. The van der Waals surface area contributed by atoms with Crippen LogP contribution in [0.1, 0.15) is 36.2 Å². The van der Waals surface area contributed by atoms with Crippen molar-refractivity contribution >= 4 is 39.3 Å². The minimum absolute atomic E-state index is 0.0139. The minimum Gasteiger partial charge on any atom is -0.356 e. The first-order valence-electron chi connectivity index (χ1n) is 12.6. The quantitative estimate of drug-likeness (QED) is 0.213. The molecule has 0 bridgehead atoms. The molecule has 0 saturated heterocycles. The fraction of sp³-hybridized carbons (Fsp3) is 0.226. The SMILES string of the molecule is O=C(Cc1ccccc1Cl)NCCCCCc1nc2ccccc2n1Cc1cccc2ccccc12. The molecule has 5 rings (SSSR count). The molecule has 1 aromatic heterocycles. The molecule has 1 N–H and O–H groups in total. The maximum atomic E-state index is 12.2. The van der Waals surface area contributed by atoms with Gasteiger partial charge in [0.1, 0.15) is 5.82 Å². The van der Waals surface area contributed by atoms with E-state index in [1.54, 1.807) is 0 Å². The third kappa shape index (κ3) is 5.60. The smallest absolute Gasteiger partial charge is 0.224 e. The van der Waals surface area contributed by atoms with Crippen molar-refractivity contribution in [1.29, 1.82) is 0 Å². The Hall–Kier alpha value is -3.63. The number of aryl methyl sites for hydroxylation is 1. The Bertz CT molecular complexity index is 1480. The first-order valence-corrected chi connectivity index (χ1v) is 13.0. The molecule has 1 heterocycles. The van der Waals surface area contributed by atoms with Crippen LogP contribution in [0.5, 0.6) is 0 Å². The second kappa shape index (κ2) is 11.4. The molecule has 0 spiro atoms. The summed E-state index contributed by atoms with van der Waals surface area (Å²) in [6.45, 7) is 1.48. The lowest BCUT2D eigenvalue weighted by Crippen LogP contribution is -2.26. The Morgan fingerprint density at radius 1 is 0.806 bits per heavy atom. The van der Waals surface area contributed by atoms with Crippen molar-refractivity contribution < 1.29 is 4.79 Å². The van der Waals surface area contributed by atoms with Crippen molar-refractivity contribution in [3.05, 3.63) is 113 Å². The van der Waals surface area contributed by atoms with Crippen LogP contribution in [0.4, 0.5) is 0 Å². The lowest BCUT2D eigenvalue weighted by atomic mass is 10.0. The predicted molar refractivity (Wildman–Crippen MR) is 149 cm³/mol. The van der Waals surface area contributed by atoms with Gasteiger partial charge in [0.25, 0.3) is 0 Å². The Kier molecular flexibility index (Phi) is 7.63. The molecule has 0 unspecified atom stereocenters. The number of imidazole rings is 1. The van der Waals surface area contributed by atoms with E-state index >= 15 is 0 Å². The number of benzene rings is 4. The van der Waals surface area contributed by atoms with Crippen molar-refractivity contribution in [2.45, 2.75) is 38.6 Å². The number of amides is 1. The van der Waals surface area contributed by atoms with E-state index in [4.69, 9.17) is 16.6 Å². The van der Waals surface area contributed by atoms with E-state index in [0.717, 1.165) is 49.1 Å². The summed E-state index contributed by atoms with van der Waals surface area (Å²) in [5.74, 6) is 1.13. The van der Waals surface area contributed by atoms with Gasteiger partial charge in [0.15, 0.2) is 0 Å². The molecular weight excluding hydrogens is 466 g/mol. The summed E-state index contributed by atoms with van der Waals surface area (Å²) in [5, 5.41) is 6.21. The van der Waals surface area contributed by atoms with Gasteiger partial charge in [-0.2, -0.15) is 0 Å². The van der Waals surface area contributed by atoms with Crippen LogP contribution in [-0.4, -0.2) is 22.0 Å². The lowest BCUT2D eigenvalue weighted by Gasteiger charge is -2.12. The predicted octanol–water partition coefficient (Wildman–Crippen LogP) is 6.96. The molecule has 4 nitrogen and oxygen atoms in total. The molecule has 0 aliphatic carbocycles. The fourth-order valence-electron chi connectivity index (χ4n) is 4.78. The Morgan fingerprint density at radius 3 is 2.47 bits per heavy atom. The Labute approximate surface area is 216 Å². The van der Waals surface area contributed by atoms with Crippen LogP contribution in [-0.2, 0) is 24.2 Å². The molecule has 0 aliphatic heterocycles. The second-order valence-corrected chi connectivity index (χ2v) is 9.58. The van der Waals surface area contributed by atoms with Gasteiger partial charge in [-0.1, -0.05) is 90.8 Å². The van der Waals surface area contributed by atoms with Crippen LogP contribution in [0.3, 0.4) is 0 Å². The molecule has 1 amide bonds. The second-order valence-electron chi connectivity index (χ2n) is 9.17. The Morgan fingerprint density at radius 2 is 1.56 bits per heavy atom. The number of aromatic nitrogens is 2. The van der Waals surface area contributed by atoms with Crippen molar-refractivity contribution in [2.75, 3.05) is 6.54 Å². The van der Waals surface area contributed by atoms with Gasteiger partial charge in [-0.25, -0.2) is 4.98 Å². The Balaban J connectivity index is 1.19. The first-order chi connectivity index (χ1) is 17.7. The monoisotopic (exact) mass is 495 g/mol. The summed E-state index contributed by atoms with van der Waals surface area (Å²) >= 11 is 6.16. The van der Waals surface area contributed by atoms with Crippen LogP contribution >= 0.6 is 11.6 Å². The summed E-state index contributed by atoms with van der Waals surface area (Å²) in [4.78, 5) is 17.2. The number of hydrogen-bond donors (Lipinski definition) is 1. The van der Waals surface area contributed by atoms with Gasteiger partial charge in [0.2, 0.25) is 5.91 Å². The number of hydrogen-bond acceptors (Lipinski definition) is 2. The molecule has 5 aromatic rings. The summed E-state index contributed by atoms with van der Waals surface area (Å²) in [6, 6.07) is 30.9. The van der Waals surface area contributed by atoms with Gasteiger partial charge < -0.3 is 9.88 Å². The molecular formula is C31H30ClN3O. The number of nitrogens with zero attached hydrogens (tertiary/aromatic N) is 2. The number of unbranched alkanes of at least 4 members (excludes halogenated alkanes) is 2. The molecule has 0 saturated carbocycles. The zero-order valence-electron chi connectivity index (χ0n) is 20.3. The molecule has 0 fully saturated rings. The lowest BCUT2D eigenvalue weighted by molar-refractivity contribution is -0.120. The average molecular weight is 496 g/mol. The van der Waals surface area contributed by atoms with Gasteiger partial charge in [0.05, 0.1) is 17.5 Å². The first kappa shape index (κ1) is 24.1. The molecule has 182 valence electrons. The van der Waals surface area contributed by atoms with E-state index in [1.807, 2.05) is 30.3 Å². The molecule has 36 heavy (non-hydrogen) atoms. The molecule has 4 aromatic carbocycles. The number of fused-ring (bicyclic) bond motifs is 2. The van der Waals surface area contributed by atoms with Gasteiger partial charge in [0, 0.05) is 24.5 Å². The van der Waals surface area contributed by atoms with E-state index in [2.05, 4.69) is 70.5 Å². The maximum absolute atomic E-state index is 12.2. The van der Waals surface area contributed by atoms with Gasteiger partial charge in [-0.3, -0.25) is 4.79 Å². The summed E-state index contributed by atoms with van der Waals surface area (Å²) in [6.07, 6.45) is 4.23. The zero-order valence-corrected chi connectivity index (χ0v) is 21.0. The fourth-order valence-corrected chi connectivity index (χ4v) is 4.99. The van der Waals surface area contributed by atoms with Crippen molar-refractivity contribution in [1.82, 2.24) is 14.9 Å². The van der Waals surface area contributed by atoms with E-state index in [0.29, 0.717) is 18.0 Å². The van der Waals surface area contributed by atoms with E-state index < -0.39 is 0 Å². The number of halogens is 1. The highest BCUT2D eigenvalue weighted by molar-refractivity contribution is 6.31. The van der Waals surface area contributed by atoms with Crippen molar-refractivity contribution in [3.63, 3.8) is 0 Å². The molecule has 0 aliphatic rings. The standard InChI is InChI=1S/C31H30ClN3O/c32-27-16-6-4-12-24(27)21-31(36)33-20-9-1-2-19-30-34-28-17-7-8-18-29(28)35(30)22-25-14-10-13-23-11-3-5-15-26(23)25/h3-8,10-18H,1-2,9,19-22H2,(H,33,36). The summed E-state index contributed by atoms with van der Waals surface area (Å²) < 4.78 is 2.36. The van der Waals surface area contributed by atoms with Crippen LogP contribution in [0.25, 0.3) is 21.8 Å². The molecule has 0 radical (unpaired) electrons. The normalized spacial score (nSPS) is 11.2. The van der Waals surface area contributed by atoms with Crippen LogP contribution < -0.4 is 5.32 Å². The van der Waals surface area contributed by atoms with E-state index in [-0.39, 0.29) is 5.91 Å².